The van der Waals surface area contributed by atoms with E-state index in [0.717, 1.165) is 73.5 Å². The van der Waals surface area contributed by atoms with Crippen molar-refractivity contribution < 1.29 is 9.53 Å². The van der Waals surface area contributed by atoms with Gasteiger partial charge in [-0.15, -0.1) is 0 Å². The summed E-state index contributed by atoms with van der Waals surface area (Å²) in [6.45, 7) is 4.61. The summed E-state index contributed by atoms with van der Waals surface area (Å²) in [4.78, 5) is 16.3. The van der Waals surface area contributed by atoms with Crippen molar-refractivity contribution >= 4 is 29.3 Å². The Hall–Kier alpha value is -0.970. The van der Waals surface area contributed by atoms with Gasteiger partial charge in [-0.3, -0.25) is 4.90 Å². The summed E-state index contributed by atoms with van der Waals surface area (Å²) in [6.07, 6.45) is 5.72. The predicted molar refractivity (Wildman–Crippen MR) is 104 cm³/mol. The van der Waals surface area contributed by atoms with E-state index in [2.05, 4.69) is 4.90 Å². The standard InChI is InChI=1S/C20H26Cl2N2O2/c21-17-3-4-19(22)16(10-17)9-14-5-7-23(8-6-14)12-18-13-24(20(25)26-18)11-15-1-2-15/h3-4,10,14-15,18H,1-2,5-9,11-13H2. The summed E-state index contributed by atoms with van der Waals surface area (Å²) in [5.74, 6) is 1.36. The van der Waals surface area contributed by atoms with Gasteiger partial charge in [0.15, 0.2) is 0 Å². The highest BCUT2D eigenvalue weighted by Gasteiger charge is 2.36. The second kappa shape index (κ2) is 7.95. The van der Waals surface area contributed by atoms with Crippen LogP contribution < -0.4 is 0 Å². The van der Waals surface area contributed by atoms with Crippen molar-refractivity contribution in [2.75, 3.05) is 32.7 Å². The Balaban J connectivity index is 1.22. The van der Waals surface area contributed by atoms with E-state index in [1.165, 1.54) is 12.8 Å². The van der Waals surface area contributed by atoms with Gasteiger partial charge in [-0.1, -0.05) is 23.2 Å². The summed E-state index contributed by atoms with van der Waals surface area (Å²) in [5, 5.41) is 1.56. The minimum absolute atomic E-state index is 0.0279. The van der Waals surface area contributed by atoms with Crippen LogP contribution in [0.15, 0.2) is 18.2 Å². The molecule has 1 unspecified atom stereocenters. The van der Waals surface area contributed by atoms with E-state index < -0.39 is 0 Å². The number of piperidine rings is 1. The monoisotopic (exact) mass is 396 g/mol. The van der Waals surface area contributed by atoms with E-state index in [0.29, 0.717) is 5.92 Å². The molecule has 1 aliphatic carbocycles. The number of likely N-dealkylation sites (tertiary alicyclic amines) is 1. The first-order valence-corrected chi connectivity index (χ1v) is 10.4. The number of rotatable bonds is 6. The molecular weight excluding hydrogens is 371 g/mol. The highest BCUT2D eigenvalue weighted by Crippen LogP contribution is 2.31. The molecule has 2 heterocycles. The van der Waals surface area contributed by atoms with Crippen LogP contribution in [0.1, 0.15) is 31.2 Å². The van der Waals surface area contributed by atoms with E-state index in [1.807, 2.05) is 23.1 Å². The van der Waals surface area contributed by atoms with Crippen LogP contribution in [0.5, 0.6) is 0 Å². The van der Waals surface area contributed by atoms with Gasteiger partial charge < -0.3 is 9.64 Å². The maximum Gasteiger partial charge on any atom is 0.410 e. The van der Waals surface area contributed by atoms with Gasteiger partial charge in [0.1, 0.15) is 6.10 Å². The van der Waals surface area contributed by atoms with Crippen LogP contribution in [0, 0.1) is 11.8 Å². The van der Waals surface area contributed by atoms with Gasteiger partial charge in [0.25, 0.3) is 0 Å². The number of benzene rings is 1. The quantitative estimate of drug-likeness (QED) is 0.710. The van der Waals surface area contributed by atoms with E-state index >= 15 is 0 Å². The fourth-order valence-electron chi connectivity index (χ4n) is 4.10. The number of hydrogen-bond donors (Lipinski definition) is 0. The first-order valence-electron chi connectivity index (χ1n) is 9.68. The fourth-order valence-corrected chi connectivity index (χ4v) is 4.49. The first kappa shape index (κ1) is 18.4. The molecule has 6 heteroatoms. The molecule has 0 N–H and O–H groups in total. The Morgan fingerprint density at radius 3 is 2.54 bits per heavy atom. The van der Waals surface area contributed by atoms with Crippen LogP contribution in [0.2, 0.25) is 10.0 Å². The minimum Gasteiger partial charge on any atom is -0.443 e. The Kier molecular flexibility index (Phi) is 5.63. The lowest BCUT2D eigenvalue weighted by Gasteiger charge is -2.33. The number of ether oxygens (including phenoxy) is 1. The third kappa shape index (κ3) is 4.65. The second-order valence-electron chi connectivity index (χ2n) is 8.04. The molecule has 0 radical (unpaired) electrons. The molecular formula is C20H26Cl2N2O2. The zero-order valence-electron chi connectivity index (χ0n) is 15.0. The van der Waals surface area contributed by atoms with Crippen LogP contribution in [-0.2, 0) is 11.2 Å². The third-order valence-electron chi connectivity index (χ3n) is 5.81. The number of amides is 1. The van der Waals surface area contributed by atoms with Crippen molar-refractivity contribution in [2.24, 2.45) is 11.8 Å². The van der Waals surface area contributed by atoms with Crippen LogP contribution in [0.4, 0.5) is 4.79 Å². The Morgan fingerprint density at radius 2 is 1.81 bits per heavy atom. The second-order valence-corrected chi connectivity index (χ2v) is 8.88. The molecule has 1 atom stereocenters. The largest absolute Gasteiger partial charge is 0.443 e. The Bertz CT molecular complexity index is 657. The summed E-state index contributed by atoms with van der Waals surface area (Å²) in [7, 11) is 0. The van der Waals surface area contributed by atoms with Crippen LogP contribution in [0.25, 0.3) is 0 Å². The number of carbonyl (C=O) groups excluding carboxylic acids is 1. The third-order valence-corrected chi connectivity index (χ3v) is 6.41. The molecule has 3 fully saturated rings. The zero-order chi connectivity index (χ0) is 18.1. The van der Waals surface area contributed by atoms with E-state index in [-0.39, 0.29) is 12.2 Å². The zero-order valence-corrected chi connectivity index (χ0v) is 16.5. The molecule has 4 rings (SSSR count). The summed E-state index contributed by atoms with van der Waals surface area (Å²) >= 11 is 12.4. The SMILES string of the molecule is O=C1OC(CN2CCC(Cc3cc(Cl)ccc3Cl)CC2)CN1CC1CC1. The average Bonchev–Trinajstić information content (AvgIpc) is 3.36. The maximum absolute atomic E-state index is 12.0. The number of carbonyl (C=O) groups is 1. The molecule has 1 saturated carbocycles. The van der Waals surface area contributed by atoms with Crippen molar-refractivity contribution in [3.05, 3.63) is 33.8 Å². The Morgan fingerprint density at radius 1 is 1.04 bits per heavy atom. The minimum atomic E-state index is -0.118. The molecule has 3 aliphatic rings. The molecule has 0 spiro atoms. The van der Waals surface area contributed by atoms with Gasteiger partial charge in [0.2, 0.25) is 0 Å². The smallest absolute Gasteiger partial charge is 0.410 e. The fraction of sp³-hybridized carbons (Fsp3) is 0.650. The molecule has 1 aromatic carbocycles. The van der Waals surface area contributed by atoms with Gasteiger partial charge in [-0.25, -0.2) is 4.79 Å². The Labute approximate surface area is 165 Å². The first-order chi connectivity index (χ1) is 12.6. The number of cyclic esters (lactones) is 1. The number of nitrogens with zero attached hydrogens (tertiary/aromatic N) is 2. The van der Waals surface area contributed by atoms with Crippen LogP contribution >= 0.6 is 23.2 Å². The van der Waals surface area contributed by atoms with Crippen molar-refractivity contribution in [3.63, 3.8) is 0 Å². The lowest BCUT2D eigenvalue weighted by Crippen LogP contribution is -2.40. The summed E-state index contributed by atoms with van der Waals surface area (Å²) in [6, 6.07) is 5.71. The maximum atomic E-state index is 12.0. The lowest BCUT2D eigenvalue weighted by atomic mass is 9.90. The highest BCUT2D eigenvalue weighted by atomic mass is 35.5. The molecule has 1 amide bonds. The van der Waals surface area contributed by atoms with Crippen LogP contribution in [-0.4, -0.2) is 54.7 Å². The van der Waals surface area contributed by atoms with Gasteiger partial charge in [0.05, 0.1) is 6.54 Å². The van der Waals surface area contributed by atoms with Crippen molar-refractivity contribution in [1.82, 2.24) is 9.80 Å². The lowest BCUT2D eigenvalue weighted by molar-refractivity contribution is 0.0904. The van der Waals surface area contributed by atoms with Gasteiger partial charge in [0, 0.05) is 23.1 Å². The topological polar surface area (TPSA) is 32.8 Å². The van der Waals surface area contributed by atoms with Crippen molar-refractivity contribution in [2.45, 2.75) is 38.2 Å². The molecule has 26 heavy (non-hydrogen) atoms. The van der Waals surface area contributed by atoms with Crippen LogP contribution in [0.3, 0.4) is 0 Å². The highest BCUT2D eigenvalue weighted by molar-refractivity contribution is 6.33. The molecule has 142 valence electrons. The molecule has 2 saturated heterocycles. The van der Waals surface area contributed by atoms with E-state index in [4.69, 9.17) is 27.9 Å². The predicted octanol–water partition coefficient (Wildman–Crippen LogP) is 4.48. The molecule has 1 aromatic rings. The average molecular weight is 397 g/mol. The van der Waals surface area contributed by atoms with E-state index in [1.54, 1.807) is 0 Å². The normalized spacial score (nSPS) is 24.9. The molecule has 0 aromatic heterocycles. The molecule has 0 bridgehead atoms. The van der Waals surface area contributed by atoms with Gasteiger partial charge in [-0.05, 0) is 80.8 Å². The van der Waals surface area contributed by atoms with E-state index in [9.17, 15) is 4.79 Å². The number of halogens is 2. The molecule has 4 nitrogen and oxygen atoms in total. The van der Waals surface area contributed by atoms with Crippen molar-refractivity contribution in [1.29, 1.82) is 0 Å². The van der Waals surface area contributed by atoms with Gasteiger partial charge >= 0.3 is 6.09 Å². The number of hydrogen-bond acceptors (Lipinski definition) is 3. The summed E-state index contributed by atoms with van der Waals surface area (Å²) in [5.41, 5.74) is 1.15. The molecule has 2 aliphatic heterocycles. The van der Waals surface area contributed by atoms with Crippen molar-refractivity contribution in [3.8, 4) is 0 Å². The summed E-state index contributed by atoms with van der Waals surface area (Å²) < 4.78 is 5.57. The van der Waals surface area contributed by atoms with Gasteiger partial charge in [-0.2, -0.15) is 0 Å².